The van der Waals surface area contributed by atoms with Gasteiger partial charge in [-0.3, -0.25) is 10.0 Å². The number of hydrogen-bond acceptors (Lipinski definition) is 8. The highest BCUT2D eigenvalue weighted by molar-refractivity contribution is 7.92. The maximum Gasteiger partial charge on any atom is 0.411 e. The second kappa shape index (κ2) is 12.8. The molecular formula is C30H34N4O6S3. The summed E-state index contributed by atoms with van der Waals surface area (Å²) in [7, 11) is -7.89. The number of rotatable bonds is 10. The number of amides is 1. The predicted octanol–water partition coefficient (Wildman–Crippen LogP) is 6.45. The summed E-state index contributed by atoms with van der Waals surface area (Å²) in [5.41, 5.74) is 1.64. The standard InChI is InChI=1S/C30H34N4O6S3/c1-20(2)40-29(35)32-23-13-11-22(12-14-23)28-31-18-26(41-28)25-16-15-24(17-27(25)43(38,39)34-30(3,4)5)33-42(36,37)19-21-9-7-6-8-10-21/h6-18,20,33-34H,19H2,1-5H3,(H,32,35). The van der Waals surface area contributed by atoms with Crippen LogP contribution in [0.5, 0.6) is 0 Å². The molecule has 0 saturated heterocycles. The van der Waals surface area contributed by atoms with Crippen molar-refractivity contribution in [3.05, 3.63) is 84.6 Å². The lowest BCUT2D eigenvalue weighted by atomic mass is 10.1. The van der Waals surface area contributed by atoms with Gasteiger partial charge < -0.3 is 4.74 Å². The van der Waals surface area contributed by atoms with Gasteiger partial charge in [-0.15, -0.1) is 11.3 Å². The quantitative estimate of drug-likeness (QED) is 0.180. The molecule has 0 aliphatic heterocycles. The lowest BCUT2D eigenvalue weighted by Crippen LogP contribution is -2.40. The Hall–Kier alpha value is -3.78. The van der Waals surface area contributed by atoms with Crippen molar-refractivity contribution in [1.29, 1.82) is 0 Å². The Kier molecular flexibility index (Phi) is 9.60. The molecule has 0 aliphatic carbocycles. The molecule has 0 aliphatic rings. The maximum atomic E-state index is 13.6. The van der Waals surface area contributed by atoms with Crippen molar-refractivity contribution < 1.29 is 26.4 Å². The summed E-state index contributed by atoms with van der Waals surface area (Å²) in [6, 6.07) is 20.2. The van der Waals surface area contributed by atoms with E-state index < -0.39 is 31.7 Å². The van der Waals surface area contributed by atoms with Crippen molar-refractivity contribution in [3.8, 4) is 21.0 Å². The average Bonchev–Trinajstić information content (AvgIpc) is 3.37. The zero-order chi connectivity index (χ0) is 31.4. The van der Waals surface area contributed by atoms with E-state index >= 15 is 0 Å². The number of aromatic nitrogens is 1. The molecule has 3 aromatic carbocycles. The molecule has 228 valence electrons. The highest BCUT2D eigenvalue weighted by atomic mass is 32.2. The lowest BCUT2D eigenvalue weighted by Gasteiger charge is -2.22. The number of carbonyl (C=O) groups is 1. The van der Waals surface area contributed by atoms with Crippen LogP contribution in [0.2, 0.25) is 0 Å². The Morgan fingerprint density at radius 3 is 2.21 bits per heavy atom. The summed E-state index contributed by atoms with van der Waals surface area (Å²) in [5.74, 6) is -0.261. The number of hydrogen-bond donors (Lipinski definition) is 3. The number of nitrogens with zero attached hydrogens (tertiary/aromatic N) is 1. The van der Waals surface area contributed by atoms with Gasteiger partial charge in [0.1, 0.15) is 5.01 Å². The Morgan fingerprint density at radius 2 is 1.58 bits per heavy atom. The monoisotopic (exact) mass is 642 g/mol. The van der Waals surface area contributed by atoms with Gasteiger partial charge in [0.05, 0.1) is 21.6 Å². The first kappa shape index (κ1) is 32.1. The van der Waals surface area contributed by atoms with Gasteiger partial charge in [0.15, 0.2) is 0 Å². The third-order valence-corrected chi connectivity index (χ3v) is 9.81. The zero-order valence-corrected chi connectivity index (χ0v) is 26.9. The summed E-state index contributed by atoms with van der Waals surface area (Å²) in [5, 5.41) is 3.29. The molecule has 4 aromatic rings. The van der Waals surface area contributed by atoms with Crippen molar-refractivity contribution in [2.45, 2.75) is 56.9 Å². The molecule has 0 radical (unpaired) electrons. The van der Waals surface area contributed by atoms with E-state index in [1.165, 1.54) is 23.5 Å². The van der Waals surface area contributed by atoms with Crippen LogP contribution in [0.4, 0.5) is 16.2 Å². The number of benzene rings is 3. The van der Waals surface area contributed by atoms with E-state index in [0.717, 1.165) is 5.56 Å². The summed E-state index contributed by atoms with van der Waals surface area (Å²) in [6.45, 7) is 8.70. The molecule has 4 rings (SSSR count). The second-order valence-electron chi connectivity index (χ2n) is 11.1. The molecule has 0 unspecified atom stereocenters. The van der Waals surface area contributed by atoms with Crippen LogP contribution in [-0.2, 0) is 30.5 Å². The molecule has 13 heteroatoms. The van der Waals surface area contributed by atoms with Gasteiger partial charge in [-0.05, 0) is 76.6 Å². The zero-order valence-electron chi connectivity index (χ0n) is 24.4. The Morgan fingerprint density at radius 1 is 0.930 bits per heavy atom. The van der Waals surface area contributed by atoms with Gasteiger partial charge in [-0.25, -0.2) is 31.3 Å². The molecule has 3 N–H and O–H groups in total. The van der Waals surface area contributed by atoms with Crippen LogP contribution in [0.25, 0.3) is 21.0 Å². The Bertz CT molecular complexity index is 1800. The van der Waals surface area contributed by atoms with Crippen LogP contribution in [0.3, 0.4) is 0 Å². The SMILES string of the molecule is CC(C)OC(=O)Nc1ccc(-c2ncc(-c3ccc(NS(=O)(=O)Cc4ccccc4)cc3S(=O)(=O)NC(C)(C)C)s2)cc1. The third kappa shape index (κ3) is 9.10. The molecule has 1 aromatic heterocycles. The van der Waals surface area contributed by atoms with Crippen molar-refractivity contribution in [3.63, 3.8) is 0 Å². The summed E-state index contributed by atoms with van der Waals surface area (Å²) in [6.07, 6.45) is 0.781. The number of thiazole rings is 1. The van der Waals surface area contributed by atoms with E-state index in [-0.39, 0.29) is 22.4 Å². The minimum atomic E-state index is -4.07. The molecule has 43 heavy (non-hydrogen) atoms. The Balaban J connectivity index is 1.65. The summed E-state index contributed by atoms with van der Waals surface area (Å²) in [4.78, 5) is 16.9. The molecule has 0 saturated carbocycles. The van der Waals surface area contributed by atoms with E-state index in [0.29, 0.717) is 26.7 Å². The van der Waals surface area contributed by atoms with Crippen LogP contribution >= 0.6 is 11.3 Å². The van der Waals surface area contributed by atoms with E-state index in [1.54, 1.807) is 101 Å². The predicted molar refractivity (Wildman–Crippen MR) is 171 cm³/mol. The number of anilines is 2. The molecule has 0 atom stereocenters. The van der Waals surface area contributed by atoms with Gasteiger partial charge >= 0.3 is 6.09 Å². The molecule has 1 heterocycles. The van der Waals surface area contributed by atoms with Crippen LogP contribution in [0.1, 0.15) is 40.2 Å². The largest absolute Gasteiger partial charge is 0.447 e. The van der Waals surface area contributed by atoms with Crippen molar-refractivity contribution in [2.24, 2.45) is 0 Å². The fourth-order valence-electron chi connectivity index (χ4n) is 4.07. The van der Waals surface area contributed by atoms with E-state index in [9.17, 15) is 21.6 Å². The number of nitrogens with one attached hydrogen (secondary N) is 3. The normalized spacial score (nSPS) is 12.2. The molecular weight excluding hydrogens is 609 g/mol. The average molecular weight is 643 g/mol. The highest BCUT2D eigenvalue weighted by Gasteiger charge is 2.27. The lowest BCUT2D eigenvalue weighted by molar-refractivity contribution is 0.130. The van der Waals surface area contributed by atoms with Crippen LogP contribution in [0.15, 0.2) is 83.9 Å². The van der Waals surface area contributed by atoms with Crippen molar-refractivity contribution in [1.82, 2.24) is 9.71 Å². The van der Waals surface area contributed by atoms with Gasteiger partial charge in [0.25, 0.3) is 0 Å². The van der Waals surface area contributed by atoms with Crippen molar-refractivity contribution >= 4 is 48.9 Å². The number of sulfonamides is 2. The van der Waals surface area contributed by atoms with Crippen LogP contribution in [-0.4, -0.2) is 39.6 Å². The van der Waals surface area contributed by atoms with Crippen LogP contribution in [0, 0.1) is 0 Å². The molecule has 10 nitrogen and oxygen atoms in total. The van der Waals surface area contributed by atoms with E-state index in [2.05, 4.69) is 19.7 Å². The Labute approximate surface area is 256 Å². The van der Waals surface area contributed by atoms with E-state index in [4.69, 9.17) is 4.74 Å². The molecule has 0 spiro atoms. The first-order valence-corrected chi connectivity index (χ1v) is 17.3. The minimum Gasteiger partial charge on any atom is -0.447 e. The smallest absolute Gasteiger partial charge is 0.411 e. The maximum absolute atomic E-state index is 13.6. The first-order chi connectivity index (χ1) is 20.1. The fourth-order valence-corrected chi connectivity index (χ4v) is 7.95. The summed E-state index contributed by atoms with van der Waals surface area (Å²) < 4.78 is 63.2. The third-order valence-electron chi connectivity index (χ3n) is 5.68. The number of carbonyl (C=O) groups excluding carboxylic acids is 1. The topological polar surface area (TPSA) is 144 Å². The number of ether oxygens (including phenoxy) is 1. The second-order valence-corrected chi connectivity index (χ2v) is 15.5. The van der Waals surface area contributed by atoms with Gasteiger partial charge in [-0.1, -0.05) is 36.4 Å². The first-order valence-electron chi connectivity index (χ1n) is 13.4. The molecule has 0 fully saturated rings. The van der Waals surface area contributed by atoms with Crippen LogP contribution < -0.4 is 14.8 Å². The highest BCUT2D eigenvalue weighted by Crippen LogP contribution is 2.37. The molecule has 0 bridgehead atoms. The van der Waals surface area contributed by atoms with Crippen molar-refractivity contribution in [2.75, 3.05) is 10.0 Å². The van der Waals surface area contributed by atoms with Gasteiger partial charge in [0, 0.05) is 34.2 Å². The van der Waals surface area contributed by atoms with E-state index in [1.807, 2.05) is 0 Å². The van der Waals surface area contributed by atoms with Gasteiger partial charge in [-0.2, -0.15) is 0 Å². The summed E-state index contributed by atoms with van der Waals surface area (Å²) >= 11 is 1.28. The fraction of sp³-hybridized carbons (Fsp3) is 0.267. The molecule has 1 amide bonds. The minimum absolute atomic E-state index is 0.0826. The van der Waals surface area contributed by atoms with Gasteiger partial charge in [0.2, 0.25) is 20.0 Å².